The van der Waals surface area contributed by atoms with Gasteiger partial charge >= 0.3 is 0 Å². The Morgan fingerprint density at radius 3 is 2.56 bits per heavy atom. The van der Waals surface area contributed by atoms with E-state index in [2.05, 4.69) is 53.2 Å². The van der Waals surface area contributed by atoms with E-state index < -0.39 is 0 Å². The van der Waals surface area contributed by atoms with Gasteiger partial charge in [0, 0.05) is 15.2 Å². The van der Waals surface area contributed by atoms with Crippen LogP contribution in [0.25, 0.3) is 21.8 Å². The van der Waals surface area contributed by atoms with Gasteiger partial charge in [0.15, 0.2) is 0 Å². The number of nitrogens with zero attached hydrogens (tertiary/aromatic N) is 1. The van der Waals surface area contributed by atoms with Gasteiger partial charge in [-0.15, -0.1) is 0 Å². The fraction of sp³-hybridized carbons (Fsp3) is 0.0714. The molecule has 0 unspecified atom stereocenters. The number of halogens is 1. The van der Waals surface area contributed by atoms with E-state index in [1.165, 1.54) is 16.3 Å². The molecule has 2 aromatic carbocycles. The third-order valence-corrected chi connectivity index (χ3v) is 3.57. The molecule has 3 aromatic rings. The predicted molar refractivity (Wildman–Crippen MR) is 71.7 cm³/mol. The minimum absolute atomic E-state index is 1.04. The molecular weight excluding hydrogens is 262 g/mol. The summed E-state index contributed by atoms with van der Waals surface area (Å²) in [5.41, 5.74) is 3.39. The molecule has 0 N–H and O–H groups in total. The van der Waals surface area contributed by atoms with Crippen molar-refractivity contribution in [1.29, 1.82) is 0 Å². The van der Waals surface area contributed by atoms with Crippen molar-refractivity contribution in [2.45, 2.75) is 6.92 Å². The molecular formula is C14H10BrN. The van der Waals surface area contributed by atoms with Crippen molar-refractivity contribution in [2.75, 3.05) is 0 Å². The van der Waals surface area contributed by atoms with Crippen LogP contribution >= 0.6 is 15.9 Å². The zero-order chi connectivity index (χ0) is 11.1. The van der Waals surface area contributed by atoms with E-state index >= 15 is 0 Å². The molecule has 2 heteroatoms. The Balaban J connectivity index is 2.61. The normalized spacial score (nSPS) is 11.1. The van der Waals surface area contributed by atoms with Crippen LogP contribution in [0.5, 0.6) is 0 Å². The number of fused-ring (bicyclic) bond motifs is 2. The molecule has 78 valence electrons. The maximum atomic E-state index is 4.69. The maximum Gasteiger partial charge on any atom is 0.0854 e. The summed E-state index contributed by atoms with van der Waals surface area (Å²) in [5, 5.41) is 2.45. The van der Waals surface area contributed by atoms with Gasteiger partial charge in [0.25, 0.3) is 0 Å². The number of hydrogen-bond donors (Lipinski definition) is 0. The second-order valence-corrected chi connectivity index (χ2v) is 4.74. The van der Waals surface area contributed by atoms with Gasteiger partial charge in [-0.2, -0.15) is 0 Å². The highest BCUT2D eigenvalue weighted by Crippen LogP contribution is 2.29. The lowest BCUT2D eigenvalue weighted by Crippen LogP contribution is -1.87. The largest absolute Gasteiger partial charge is 0.247 e. The lowest BCUT2D eigenvalue weighted by Gasteiger charge is -2.07. The Morgan fingerprint density at radius 1 is 0.938 bits per heavy atom. The van der Waals surface area contributed by atoms with Gasteiger partial charge in [0.1, 0.15) is 0 Å². The van der Waals surface area contributed by atoms with E-state index in [1.54, 1.807) is 0 Å². The minimum atomic E-state index is 1.04. The smallest absolute Gasteiger partial charge is 0.0854 e. The Morgan fingerprint density at radius 2 is 1.69 bits per heavy atom. The van der Waals surface area contributed by atoms with Gasteiger partial charge in [0.2, 0.25) is 0 Å². The van der Waals surface area contributed by atoms with E-state index in [1.807, 2.05) is 12.1 Å². The highest BCUT2D eigenvalue weighted by Gasteiger charge is 2.06. The first-order valence-electron chi connectivity index (χ1n) is 5.21. The summed E-state index contributed by atoms with van der Waals surface area (Å²) in [7, 11) is 0. The summed E-state index contributed by atoms with van der Waals surface area (Å²) >= 11 is 3.55. The molecule has 1 aromatic heterocycles. The maximum absolute atomic E-state index is 4.69. The molecule has 16 heavy (non-hydrogen) atoms. The number of aromatic nitrogens is 1. The highest BCUT2D eigenvalue weighted by atomic mass is 79.9. The number of benzene rings is 2. The second kappa shape index (κ2) is 3.56. The molecule has 1 nitrogen and oxygen atoms in total. The summed E-state index contributed by atoms with van der Waals surface area (Å²) in [6.45, 7) is 2.15. The Bertz CT molecular complexity index is 689. The molecule has 0 radical (unpaired) electrons. The second-order valence-electron chi connectivity index (χ2n) is 3.89. The number of hydrogen-bond acceptors (Lipinski definition) is 1. The van der Waals surface area contributed by atoms with Gasteiger partial charge in [-0.1, -0.05) is 30.3 Å². The minimum Gasteiger partial charge on any atom is -0.247 e. The summed E-state index contributed by atoms with van der Waals surface area (Å²) in [6, 6.07) is 14.5. The van der Waals surface area contributed by atoms with Gasteiger partial charge in [-0.3, -0.25) is 0 Å². The molecule has 0 aliphatic heterocycles. The van der Waals surface area contributed by atoms with Crippen LogP contribution in [0.15, 0.2) is 46.9 Å². The summed E-state index contributed by atoms with van der Waals surface area (Å²) in [5.74, 6) is 0. The molecule has 0 saturated carbocycles. The van der Waals surface area contributed by atoms with Gasteiger partial charge in [-0.05, 0) is 40.5 Å². The van der Waals surface area contributed by atoms with Crippen molar-refractivity contribution in [3.8, 4) is 0 Å². The zero-order valence-electron chi connectivity index (χ0n) is 8.87. The summed E-state index contributed by atoms with van der Waals surface area (Å²) < 4.78 is 1.05. The first-order chi connectivity index (χ1) is 7.77. The van der Waals surface area contributed by atoms with E-state index in [4.69, 9.17) is 4.98 Å². The highest BCUT2D eigenvalue weighted by molar-refractivity contribution is 9.10. The molecule has 0 saturated heterocycles. The molecule has 0 aliphatic carbocycles. The van der Waals surface area contributed by atoms with Gasteiger partial charge in [-0.25, -0.2) is 4.98 Å². The van der Waals surface area contributed by atoms with Crippen LogP contribution in [0.1, 0.15) is 5.56 Å². The van der Waals surface area contributed by atoms with Crippen LogP contribution in [-0.4, -0.2) is 4.98 Å². The number of rotatable bonds is 0. The van der Waals surface area contributed by atoms with Crippen LogP contribution in [-0.2, 0) is 0 Å². The van der Waals surface area contributed by atoms with Crippen LogP contribution in [0.2, 0.25) is 0 Å². The number of para-hydroxylation sites is 2. The molecule has 1 heterocycles. The van der Waals surface area contributed by atoms with Crippen molar-refractivity contribution in [3.05, 3.63) is 52.5 Å². The molecule has 0 fully saturated rings. The zero-order valence-corrected chi connectivity index (χ0v) is 10.5. The molecule has 0 aliphatic rings. The van der Waals surface area contributed by atoms with E-state index in [0.717, 1.165) is 15.5 Å². The van der Waals surface area contributed by atoms with E-state index in [9.17, 15) is 0 Å². The lowest BCUT2D eigenvalue weighted by atomic mass is 10.0. The fourth-order valence-corrected chi connectivity index (χ4v) is 2.54. The average Bonchev–Trinajstić information content (AvgIpc) is 2.31. The van der Waals surface area contributed by atoms with Crippen molar-refractivity contribution in [3.63, 3.8) is 0 Å². The first kappa shape index (κ1) is 9.79. The Kier molecular flexibility index (Phi) is 2.18. The fourth-order valence-electron chi connectivity index (χ4n) is 2.09. The first-order valence-corrected chi connectivity index (χ1v) is 6.00. The van der Waals surface area contributed by atoms with Crippen molar-refractivity contribution in [1.82, 2.24) is 4.98 Å². The van der Waals surface area contributed by atoms with E-state index in [0.29, 0.717) is 0 Å². The molecule has 0 amide bonds. The molecule has 0 atom stereocenters. The topological polar surface area (TPSA) is 12.9 Å². The van der Waals surface area contributed by atoms with Crippen molar-refractivity contribution >= 4 is 37.7 Å². The Labute approximate surface area is 102 Å². The SMILES string of the molecule is Cc1c2ccccc2nc2c(Br)cccc12. The summed E-state index contributed by atoms with van der Waals surface area (Å²) in [4.78, 5) is 4.69. The van der Waals surface area contributed by atoms with Crippen LogP contribution in [0.4, 0.5) is 0 Å². The van der Waals surface area contributed by atoms with Crippen molar-refractivity contribution in [2.24, 2.45) is 0 Å². The lowest BCUT2D eigenvalue weighted by molar-refractivity contribution is 1.44. The monoisotopic (exact) mass is 271 g/mol. The quantitative estimate of drug-likeness (QED) is 0.550. The van der Waals surface area contributed by atoms with Crippen LogP contribution < -0.4 is 0 Å². The van der Waals surface area contributed by atoms with Crippen molar-refractivity contribution < 1.29 is 0 Å². The van der Waals surface area contributed by atoms with E-state index in [-0.39, 0.29) is 0 Å². The standard InChI is InChI=1S/C14H10BrN/c1-9-10-5-2-3-8-13(10)16-14-11(9)6-4-7-12(14)15/h2-8H,1H3. The van der Waals surface area contributed by atoms with Gasteiger partial charge < -0.3 is 0 Å². The number of aryl methyl sites for hydroxylation is 1. The third-order valence-electron chi connectivity index (χ3n) is 2.93. The van der Waals surface area contributed by atoms with Gasteiger partial charge in [0.05, 0.1) is 11.0 Å². The Hall–Kier alpha value is -1.41. The predicted octanol–water partition coefficient (Wildman–Crippen LogP) is 4.46. The van der Waals surface area contributed by atoms with Crippen LogP contribution in [0.3, 0.4) is 0 Å². The molecule has 0 spiro atoms. The molecule has 0 bridgehead atoms. The third kappa shape index (κ3) is 1.34. The number of pyridine rings is 1. The van der Waals surface area contributed by atoms with Crippen LogP contribution in [0, 0.1) is 6.92 Å². The summed E-state index contributed by atoms with van der Waals surface area (Å²) in [6.07, 6.45) is 0. The molecule has 3 rings (SSSR count). The average molecular weight is 272 g/mol.